The van der Waals surface area contributed by atoms with Crippen molar-refractivity contribution in [3.8, 4) is 0 Å². The van der Waals surface area contributed by atoms with Gasteiger partial charge in [-0.3, -0.25) is 14.6 Å². The lowest BCUT2D eigenvalue weighted by Gasteiger charge is -2.05. The Balaban J connectivity index is 2.06. The number of halogens is 1. The molecule has 0 aromatic carbocycles. The van der Waals surface area contributed by atoms with E-state index < -0.39 is 17.8 Å². The van der Waals surface area contributed by atoms with Crippen LogP contribution >= 0.6 is 0 Å². The van der Waals surface area contributed by atoms with E-state index in [1.54, 1.807) is 0 Å². The Bertz CT molecular complexity index is 644. The van der Waals surface area contributed by atoms with E-state index in [2.05, 4.69) is 15.3 Å². The van der Waals surface area contributed by atoms with E-state index >= 15 is 0 Å². The Morgan fingerprint density at radius 3 is 2.65 bits per heavy atom. The number of carbonyl (C=O) groups is 2. The molecule has 0 bridgehead atoms. The third-order valence-electron chi connectivity index (χ3n) is 2.40. The van der Waals surface area contributed by atoms with Crippen LogP contribution in [0.1, 0.15) is 16.1 Å². The molecule has 0 saturated heterocycles. The van der Waals surface area contributed by atoms with Gasteiger partial charge < -0.3 is 10.4 Å². The highest BCUT2D eigenvalue weighted by Crippen LogP contribution is 2.09. The molecule has 2 heterocycles. The van der Waals surface area contributed by atoms with Crippen LogP contribution in [-0.2, 0) is 11.2 Å². The molecule has 0 radical (unpaired) electrons. The molecule has 2 N–H and O–H groups in total. The van der Waals surface area contributed by atoms with Crippen LogP contribution in [0, 0.1) is 5.95 Å². The van der Waals surface area contributed by atoms with Crippen molar-refractivity contribution in [3.63, 3.8) is 0 Å². The standard InChI is InChI=1S/C13H10FN3O3/c14-11-5-8(3-4-15-11)13(20)17-10-2-1-9(16-7-10)6-12(18)19/h1-5,7H,6H2,(H,17,20)(H,18,19). The van der Waals surface area contributed by atoms with Crippen molar-refractivity contribution in [2.45, 2.75) is 6.42 Å². The fourth-order valence-electron chi connectivity index (χ4n) is 1.50. The van der Waals surface area contributed by atoms with Crippen LogP contribution in [0.5, 0.6) is 0 Å². The normalized spacial score (nSPS) is 10.1. The first-order valence-electron chi connectivity index (χ1n) is 5.64. The third kappa shape index (κ3) is 3.58. The number of carboxylic acid groups (broad SMARTS) is 1. The van der Waals surface area contributed by atoms with E-state index in [0.717, 1.165) is 6.07 Å². The summed E-state index contributed by atoms with van der Waals surface area (Å²) in [6.07, 6.45) is 2.34. The molecule has 0 saturated carbocycles. The van der Waals surface area contributed by atoms with Gasteiger partial charge >= 0.3 is 5.97 Å². The lowest BCUT2D eigenvalue weighted by molar-refractivity contribution is -0.136. The summed E-state index contributed by atoms with van der Waals surface area (Å²) in [7, 11) is 0. The highest BCUT2D eigenvalue weighted by Gasteiger charge is 2.08. The fraction of sp³-hybridized carbons (Fsp3) is 0.0769. The molecule has 2 rings (SSSR count). The second-order valence-corrected chi connectivity index (χ2v) is 3.93. The molecule has 20 heavy (non-hydrogen) atoms. The minimum absolute atomic E-state index is 0.132. The third-order valence-corrected chi connectivity index (χ3v) is 2.40. The number of pyridine rings is 2. The summed E-state index contributed by atoms with van der Waals surface area (Å²) in [4.78, 5) is 29.6. The van der Waals surface area contributed by atoms with E-state index in [1.165, 1.54) is 30.6 Å². The first-order chi connectivity index (χ1) is 9.54. The van der Waals surface area contributed by atoms with Gasteiger partial charge in [0.15, 0.2) is 0 Å². The maximum atomic E-state index is 12.9. The van der Waals surface area contributed by atoms with Crippen LogP contribution in [0.25, 0.3) is 0 Å². The van der Waals surface area contributed by atoms with Crippen LogP contribution in [0.3, 0.4) is 0 Å². The summed E-state index contributed by atoms with van der Waals surface area (Å²) in [6, 6.07) is 5.42. The summed E-state index contributed by atoms with van der Waals surface area (Å²) in [5.41, 5.74) is 0.902. The molecule has 0 spiro atoms. The molecular weight excluding hydrogens is 265 g/mol. The summed E-state index contributed by atoms with van der Waals surface area (Å²) in [5.74, 6) is -2.23. The summed E-state index contributed by atoms with van der Waals surface area (Å²) >= 11 is 0. The van der Waals surface area contributed by atoms with Crippen LogP contribution in [-0.4, -0.2) is 27.0 Å². The Labute approximate surface area is 113 Å². The van der Waals surface area contributed by atoms with Crippen LogP contribution in [0.2, 0.25) is 0 Å². The number of nitrogens with zero attached hydrogens (tertiary/aromatic N) is 2. The molecule has 0 unspecified atom stereocenters. The van der Waals surface area contributed by atoms with Gasteiger partial charge in [-0.25, -0.2) is 4.98 Å². The summed E-state index contributed by atoms with van der Waals surface area (Å²) in [5, 5.41) is 11.1. The van der Waals surface area contributed by atoms with Crippen molar-refractivity contribution in [2.24, 2.45) is 0 Å². The number of nitrogens with one attached hydrogen (secondary N) is 1. The number of hydrogen-bond acceptors (Lipinski definition) is 4. The molecule has 1 amide bonds. The number of aromatic nitrogens is 2. The van der Waals surface area contributed by atoms with Crippen molar-refractivity contribution in [1.82, 2.24) is 9.97 Å². The van der Waals surface area contributed by atoms with Gasteiger partial charge in [0.2, 0.25) is 5.95 Å². The minimum atomic E-state index is -0.985. The van der Waals surface area contributed by atoms with Crippen LogP contribution < -0.4 is 5.32 Å². The number of hydrogen-bond donors (Lipinski definition) is 2. The van der Waals surface area contributed by atoms with E-state index in [1.807, 2.05) is 0 Å². The maximum Gasteiger partial charge on any atom is 0.309 e. The molecule has 0 atom stereocenters. The van der Waals surface area contributed by atoms with Gasteiger partial charge in [0.1, 0.15) is 0 Å². The minimum Gasteiger partial charge on any atom is -0.481 e. The van der Waals surface area contributed by atoms with Crippen molar-refractivity contribution in [3.05, 3.63) is 53.9 Å². The number of amides is 1. The lowest BCUT2D eigenvalue weighted by Crippen LogP contribution is -2.13. The lowest BCUT2D eigenvalue weighted by atomic mass is 10.2. The average molecular weight is 275 g/mol. The average Bonchev–Trinajstić information content (AvgIpc) is 2.40. The van der Waals surface area contributed by atoms with Crippen molar-refractivity contribution >= 4 is 17.6 Å². The number of aliphatic carboxylic acids is 1. The van der Waals surface area contributed by atoms with Gasteiger partial charge in [0.05, 0.1) is 24.0 Å². The molecule has 0 aliphatic carbocycles. The molecule has 0 fully saturated rings. The zero-order valence-corrected chi connectivity index (χ0v) is 10.2. The molecule has 2 aromatic rings. The van der Waals surface area contributed by atoms with Gasteiger partial charge in [0, 0.05) is 17.8 Å². The van der Waals surface area contributed by atoms with E-state index in [9.17, 15) is 14.0 Å². The van der Waals surface area contributed by atoms with Crippen molar-refractivity contribution in [2.75, 3.05) is 5.32 Å². The number of carboxylic acids is 1. The molecule has 0 aliphatic heterocycles. The maximum absolute atomic E-state index is 12.9. The molecule has 102 valence electrons. The fourth-order valence-corrected chi connectivity index (χ4v) is 1.50. The molecule has 6 nitrogen and oxygen atoms in total. The smallest absolute Gasteiger partial charge is 0.309 e. The number of anilines is 1. The zero-order valence-electron chi connectivity index (χ0n) is 10.2. The Kier molecular flexibility index (Phi) is 3.99. The molecular formula is C13H10FN3O3. The van der Waals surface area contributed by atoms with Crippen molar-refractivity contribution < 1.29 is 19.1 Å². The zero-order chi connectivity index (χ0) is 14.5. The van der Waals surface area contributed by atoms with E-state index in [0.29, 0.717) is 11.4 Å². The molecule has 2 aromatic heterocycles. The van der Waals surface area contributed by atoms with Crippen LogP contribution in [0.4, 0.5) is 10.1 Å². The topological polar surface area (TPSA) is 92.2 Å². The van der Waals surface area contributed by atoms with Gasteiger partial charge in [-0.05, 0) is 18.2 Å². The number of carbonyl (C=O) groups excluding carboxylic acids is 1. The van der Waals surface area contributed by atoms with Crippen molar-refractivity contribution in [1.29, 1.82) is 0 Å². The largest absolute Gasteiger partial charge is 0.481 e. The Morgan fingerprint density at radius 2 is 2.05 bits per heavy atom. The monoisotopic (exact) mass is 275 g/mol. The Morgan fingerprint density at radius 1 is 1.25 bits per heavy atom. The second kappa shape index (κ2) is 5.87. The van der Waals surface area contributed by atoms with Gasteiger partial charge in [0.25, 0.3) is 5.91 Å². The summed E-state index contributed by atoms with van der Waals surface area (Å²) < 4.78 is 12.9. The molecule has 7 heteroatoms. The SMILES string of the molecule is O=C(O)Cc1ccc(NC(=O)c2ccnc(F)c2)cn1. The summed E-state index contributed by atoms with van der Waals surface area (Å²) in [6.45, 7) is 0. The quantitative estimate of drug-likeness (QED) is 0.825. The van der Waals surface area contributed by atoms with Gasteiger partial charge in [-0.2, -0.15) is 4.39 Å². The highest BCUT2D eigenvalue weighted by atomic mass is 19.1. The highest BCUT2D eigenvalue weighted by molar-refractivity contribution is 6.04. The van der Waals surface area contributed by atoms with E-state index in [-0.39, 0.29) is 12.0 Å². The predicted octanol–water partition coefficient (Wildman–Crippen LogP) is 1.50. The molecule has 0 aliphatic rings. The Hall–Kier alpha value is -2.83. The number of rotatable bonds is 4. The predicted molar refractivity (Wildman–Crippen MR) is 67.7 cm³/mol. The first-order valence-corrected chi connectivity index (χ1v) is 5.64. The first kappa shape index (κ1) is 13.6. The van der Waals surface area contributed by atoms with Gasteiger partial charge in [-0.15, -0.1) is 0 Å². The van der Waals surface area contributed by atoms with E-state index in [4.69, 9.17) is 5.11 Å². The second-order valence-electron chi connectivity index (χ2n) is 3.93. The van der Waals surface area contributed by atoms with Crippen LogP contribution in [0.15, 0.2) is 36.7 Å². The van der Waals surface area contributed by atoms with Gasteiger partial charge in [-0.1, -0.05) is 0 Å².